The van der Waals surface area contributed by atoms with Gasteiger partial charge in [0.05, 0.1) is 0 Å². The number of urea groups is 1. The summed E-state index contributed by atoms with van der Waals surface area (Å²) >= 11 is 0. The summed E-state index contributed by atoms with van der Waals surface area (Å²) in [6, 6.07) is 28.2. The molecule has 6 rings (SSSR count). The first kappa shape index (κ1) is 36.6. The van der Waals surface area contributed by atoms with Crippen LogP contribution >= 0.6 is 0 Å². The van der Waals surface area contributed by atoms with E-state index in [1.165, 1.54) is 6.42 Å². The van der Waals surface area contributed by atoms with Crippen LogP contribution in [0.2, 0.25) is 0 Å². The third-order valence-corrected chi connectivity index (χ3v) is 9.90. The molecule has 1 aliphatic heterocycles. The molecule has 3 aromatic rings. The highest BCUT2D eigenvalue weighted by atomic mass is 16.5. The summed E-state index contributed by atoms with van der Waals surface area (Å²) in [7, 11) is 0. The summed E-state index contributed by atoms with van der Waals surface area (Å²) in [4.78, 5) is 54.3. The summed E-state index contributed by atoms with van der Waals surface area (Å²) in [5.41, 5.74) is 6.93. The first-order chi connectivity index (χ1) is 24.3. The van der Waals surface area contributed by atoms with E-state index in [1.54, 1.807) is 21.9 Å². The van der Waals surface area contributed by atoms with Crippen molar-refractivity contribution >= 4 is 23.9 Å². The largest absolute Gasteiger partial charge is 0.459 e. The van der Waals surface area contributed by atoms with E-state index >= 15 is 0 Å². The number of nitrogens with one attached hydrogen (secondary N) is 1. The third kappa shape index (κ3) is 9.94. The van der Waals surface area contributed by atoms with E-state index in [0.29, 0.717) is 51.2 Å². The number of hydrogen-bond donors (Lipinski definition) is 2. The lowest BCUT2D eigenvalue weighted by Gasteiger charge is -2.40. The summed E-state index contributed by atoms with van der Waals surface area (Å²) in [5.74, 6) is -0.637. The minimum atomic E-state index is -0.985. The van der Waals surface area contributed by atoms with E-state index < -0.39 is 11.1 Å². The molecule has 1 heterocycles. The highest BCUT2D eigenvalue weighted by Crippen LogP contribution is 2.30. The molecule has 10 nitrogen and oxygen atoms in total. The first-order valence-electron chi connectivity index (χ1n) is 17.9. The van der Waals surface area contributed by atoms with Crippen LogP contribution in [0.1, 0.15) is 85.7 Å². The smallest absolute Gasteiger partial charge is 0.332 e. The highest BCUT2D eigenvalue weighted by molar-refractivity contribution is 5.94. The number of ether oxygens (including phenoxy) is 2. The minimum absolute atomic E-state index is 0.0242. The maximum Gasteiger partial charge on any atom is 0.332 e. The molecular formula is C40H50N4O6. The molecule has 0 spiro atoms. The zero-order valence-corrected chi connectivity index (χ0v) is 28.9. The second kappa shape index (κ2) is 17.8. The second-order valence-corrected chi connectivity index (χ2v) is 13.6. The zero-order valence-electron chi connectivity index (χ0n) is 28.9. The van der Waals surface area contributed by atoms with Crippen molar-refractivity contribution in [1.82, 2.24) is 15.1 Å². The Labute approximate surface area is 295 Å². The SMILES string of the molecule is NC1(C(=O)OCc2ccccc2)CCCCC1.O=C(NC1(C(=O)OCc2ccccc2)CCCCC1)N1CCN(C(=O)c2ccccc2)CC1. The molecule has 3 amide bonds. The van der Waals surface area contributed by atoms with Crippen molar-refractivity contribution in [2.75, 3.05) is 26.2 Å². The maximum atomic E-state index is 13.1. The van der Waals surface area contributed by atoms with Crippen molar-refractivity contribution in [2.45, 2.75) is 88.5 Å². The molecule has 0 radical (unpaired) electrons. The molecule has 3 aromatic carbocycles. The Morgan fingerprint density at radius 1 is 0.580 bits per heavy atom. The molecule has 2 aliphatic carbocycles. The maximum absolute atomic E-state index is 13.1. The number of carbonyl (C=O) groups is 4. The minimum Gasteiger partial charge on any atom is -0.459 e. The highest BCUT2D eigenvalue weighted by Gasteiger charge is 2.43. The van der Waals surface area contributed by atoms with E-state index in [2.05, 4.69) is 5.32 Å². The molecule has 0 aromatic heterocycles. The lowest BCUT2D eigenvalue weighted by atomic mass is 9.81. The number of benzene rings is 3. The van der Waals surface area contributed by atoms with Gasteiger partial charge in [0, 0.05) is 31.7 Å². The predicted octanol–water partition coefficient (Wildman–Crippen LogP) is 5.99. The fraction of sp³-hybridized carbons (Fsp3) is 0.450. The van der Waals surface area contributed by atoms with Crippen LogP contribution in [0.3, 0.4) is 0 Å². The monoisotopic (exact) mass is 682 g/mol. The molecule has 0 unspecified atom stereocenters. The number of hydrogen-bond acceptors (Lipinski definition) is 7. The van der Waals surface area contributed by atoms with Gasteiger partial charge in [0.15, 0.2) is 0 Å². The van der Waals surface area contributed by atoms with Gasteiger partial charge in [-0.05, 0) is 48.9 Å². The topological polar surface area (TPSA) is 131 Å². The molecule has 266 valence electrons. The Kier molecular flexibility index (Phi) is 13.0. The number of amides is 3. The lowest BCUT2D eigenvalue weighted by Crippen LogP contribution is -2.61. The number of rotatable bonds is 8. The quantitative estimate of drug-likeness (QED) is 0.279. The normalized spacial score (nSPS) is 18.1. The molecule has 0 atom stereocenters. The Morgan fingerprint density at radius 2 is 1.02 bits per heavy atom. The van der Waals surface area contributed by atoms with Gasteiger partial charge in [0.25, 0.3) is 5.91 Å². The predicted molar refractivity (Wildman–Crippen MR) is 191 cm³/mol. The summed E-state index contributed by atoms with van der Waals surface area (Å²) < 4.78 is 10.9. The first-order valence-corrected chi connectivity index (χ1v) is 17.9. The van der Waals surface area contributed by atoms with Gasteiger partial charge in [-0.15, -0.1) is 0 Å². The van der Waals surface area contributed by atoms with E-state index in [9.17, 15) is 19.2 Å². The van der Waals surface area contributed by atoms with Gasteiger partial charge in [-0.2, -0.15) is 0 Å². The number of nitrogens with zero attached hydrogens (tertiary/aromatic N) is 2. The van der Waals surface area contributed by atoms with Gasteiger partial charge < -0.3 is 30.3 Å². The molecule has 2 saturated carbocycles. The summed E-state index contributed by atoms with van der Waals surface area (Å²) in [6.07, 6.45) is 8.68. The number of nitrogens with two attached hydrogens (primary N) is 1. The third-order valence-electron chi connectivity index (χ3n) is 9.90. The molecule has 3 aliphatic rings. The Morgan fingerprint density at radius 3 is 1.54 bits per heavy atom. The van der Waals surface area contributed by atoms with Crippen LogP contribution in [0.4, 0.5) is 4.79 Å². The van der Waals surface area contributed by atoms with Gasteiger partial charge >= 0.3 is 18.0 Å². The van der Waals surface area contributed by atoms with Crippen LogP contribution in [0, 0.1) is 0 Å². The number of esters is 2. The van der Waals surface area contributed by atoms with Crippen LogP contribution in [0.15, 0.2) is 91.0 Å². The molecule has 10 heteroatoms. The average molecular weight is 683 g/mol. The van der Waals surface area contributed by atoms with Crippen molar-refractivity contribution < 1.29 is 28.7 Å². The molecule has 50 heavy (non-hydrogen) atoms. The fourth-order valence-electron chi connectivity index (χ4n) is 6.81. The van der Waals surface area contributed by atoms with E-state index in [0.717, 1.165) is 56.1 Å². The van der Waals surface area contributed by atoms with Crippen LogP contribution in [0.5, 0.6) is 0 Å². The van der Waals surface area contributed by atoms with Crippen LogP contribution in [0.25, 0.3) is 0 Å². The van der Waals surface area contributed by atoms with Gasteiger partial charge in [0.1, 0.15) is 24.3 Å². The fourth-order valence-corrected chi connectivity index (χ4v) is 6.81. The zero-order chi connectivity index (χ0) is 35.2. The Bertz CT molecular complexity index is 1530. The average Bonchev–Trinajstić information content (AvgIpc) is 3.17. The van der Waals surface area contributed by atoms with E-state index in [-0.39, 0.29) is 30.5 Å². The molecule has 0 bridgehead atoms. The van der Waals surface area contributed by atoms with Crippen molar-refractivity contribution in [3.8, 4) is 0 Å². The van der Waals surface area contributed by atoms with Gasteiger partial charge in [-0.3, -0.25) is 9.59 Å². The Hall–Kier alpha value is -4.70. The van der Waals surface area contributed by atoms with Crippen molar-refractivity contribution in [3.63, 3.8) is 0 Å². The molecule has 3 fully saturated rings. The summed E-state index contributed by atoms with van der Waals surface area (Å²) in [6.45, 7) is 2.30. The summed E-state index contributed by atoms with van der Waals surface area (Å²) in [5, 5.41) is 3.02. The number of carbonyl (C=O) groups excluding carboxylic acids is 4. The van der Waals surface area contributed by atoms with E-state index in [4.69, 9.17) is 15.2 Å². The van der Waals surface area contributed by atoms with Crippen LogP contribution < -0.4 is 11.1 Å². The van der Waals surface area contributed by atoms with Crippen molar-refractivity contribution in [1.29, 1.82) is 0 Å². The Balaban J connectivity index is 0.000000240. The lowest BCUT2D eigenvalue weighted by molar-refractivity contribution is -0.154. The van der Waals surface area contributed by atoms with Crippen LogP contribution in [-0.4, -0.2) is 70.9 Å². The van der Waals surface area contributed by atoms with Gasteiger partial charge in [-0.1, -0.05) is 117 Å². The molecule has 3 N–H and O–H groups in total. The molecular weight excluding hydrogens is 632 g/mol. The molecule has 1 saturated heterocycles. The van der Waals surface area contributed by atoms with Gasteiger partial charge in [-0.25, -0.2) is 9.59 Å². The second-order valence-electron chi connectivity index (χ2n) is 13.6. The van der Waals surface area contributed by atoms with Crippen LogP contribution in [-0.2, 0) is 32.3 Å². The van der Waals surface area contributed by atoms with Gasteiger partial charge in [0.2, 0.25) is 0 Å². The van der Waals surface area contributed by atoms with Crippen molar-refractivity contribution in [3.05, 3.63) is 108 Å². The standard InChI is InChI=1S/C26H31N3O4.C14H19NO2/c30-23(22-12-6-2-7-13-22)28-16-18-29(19-17-28)25(32)27-26(14-8-3-9-15-26)24(31)33-20-21-10-4-1-5-11-21;15-14(9-5-2-6-10-14)13(16)17-11-12-7-3-1-4-8-12/h1-2,4-7,10-13H,3,8-9,14-20H2,(H,27,32);1,3-4,7-8H,2,5-6,9-11,15H2. The van der Waals surface area contributed by atoms with Crippen molar-refractivity contribution in [2.24, 2.45) is 5.73 Å². The van der Waals surface area contributed by atoms with E-state index in [1.807, 2.05) is 78.9 Å². The number of piperazine rings is 1.